The molecule has 142 valence electrons. The second-order valence-corrected chi connectivity index (χ2v) is 8.62. The number of anilines is 1. The predicted octanol–water partition coefficient (Wildman–Crippen LogP) is 6.12. The molecule has 1 saturated carbocycles. The van der Waals surface area contributed by atoms with Crippen molar-refractivity contribution < 1.29 is 4.39 Å². The molecule has 1 fully saturated rings. The van der Waals surface area contributed by atoms with Gasteiger partial charge in [-0.05, 0) is 59.1 Å². The Labute approximate surface area is 166 Å². The third-order valence-corrected chi connectivity index (χ3v) is 7.08. The molecule has 0 N–H and O–H groups in total. The number of rotatable bonds is 2. The topological polar surface area (TPSA) is 3.24 Å². The van der Waals surface area contributed by atoms with E-state index in [2.05, 4.69) is 79.5 Å². The maximum Gasteiger partial charge on any atom is 0.123 e. The number of benzene rings is 3. The highest BCUT2D eigenvalue weighted by molar-refractivity contribution is 5.66. The van der Waals surface area contributed by atoms with Crippen LogP contribution in [-0.2, 0) is 5.41 Å². The average molecular weight is 371 g/mol. The summed E-state index contributed by atoms with van der Waals surface area (Å²) in [6.45, 7) is 3.30. The predicted molar refractivity (Wildman–Crippen MR) is 113 cm³/mol. The van der Waals surface area contributed by atoms with Gasteiger partial charge in [-0.3, -0.25) is 0 Å². The van der Waals surface area contributed by atoms with Crippen molar-refractivity contribution in [2.24, 2.45) is 5.92 Å². The van der Waals surface area contributed by atoms with Gasteiger partial charge < -0.3 is 4.90 Å². The lowest BCUT2D eigenvalue weighted by Gasteiger charge is -2.39. The molecule has 4 unspecified atom stereocenters. The Hall–Kier alpha value is -2.61. The maximum atomic E-state index is 14.5. The lowest BCUT2D eigenvalue weighted by molar-refractivity contribution is 0.355. The van der Waals surface area contributed by atoms with Crippen LogP contribution in [0.4, 0.5) is 10.1 Å². The zero-order valence-corrected chi connectivity index (χ0v) is 16.5. The number of likely N-dealkylation sites (N-methyl/N-ethyl adjacent to an activating group) is 1. The SMILES string of the molecule is CC1CC(c2ccccc2)C2(CN(C)c3ccc(F)cc32)C1c1ccccc1. The Morgan fingerprint density at radius 2 is 1.54 bits per heavy atom. The summed E-state index contributed by atoms with van der Waals surface area (Å²) in [5.41, 5.74) is 4.99. The first kappa shape index (κ1) is 17.5. The summed E-state index contributed by atoms with van der Waals surface area (Å²) in [5.74, 6) is 1.13. The molecule has 3 aromatic rings. The molecular formula is C26H26FN. The molecule has 1 heterocycles. The lowest BCUT2D eigenvalue weighted by atomic mass is 9.64. The van der Waals surface area contributed by atoms with E-state index in [1.165, 1.54) is 22.4 Å². The molecule has 1 spiro atoms. The highest BCUT2D eigenvalue weighted by atomic mass is 19.1. The Kier molecular flexibility index (Phi) is 4.04. The molecule has 2 aliphatic rings. The van der Waals surface area contributed by atoms with Gasteiger partial charge in [0, 0.05) is 24.7 Å². The van der Waals surface area contributed by atoms with Crippen LogP contribution < -0.4 is 4.90 Å². The van der Waals surface area contributed by atoms with Gasteiger partial charge in [-0.2, -0.15) is 0 Å². The van der Waals surface area contributed by atoms with E-state index in [-0.39, 0.29) is 11.2 Å². The third-order valence-electron chi connectivity index (χ3n) is 7.08. The monoisotopic (exact) mass is 371 g/mol. The van der Waals surface area contributed by atoms with Crippen LogP contribution in [0, 0.1) is 11.7 Å². The summed E-state index contributed by atoms with van der Waals surface area (Å²) in [6, 6.07) is 27.1. The molecule has 0 bridgehead atoms. The third kappa shape index (κ3) is 2.44. The van der Waals surface area contributed by atoms with E-state index in [4.69, 9.17) is 0 Å². The first-order chi connectivity index (χ1) is 13.6. The molecular weight excluding hydrogens is 345 g/mol. The molecule has 0 aromatic heterocycles. The quantitative estimate of drug-likeness (QED) is 0.524. The fraction of sp³-hybridized carbons (Fsp3) is 0.308. The number of halogens is 1. The molecule has 0 amide bonds. The van der Waals surface area contributed by atoms with Crippen molar-refractivity contribution in [3.05, 3.63) is 101 Å². The van der Waals surface area contributed by atoms with Gasteiger partial charge in [0.15, 0.2) is 0 Å². The van der Waals surface area contributed by atoms with E-state index < -0.39 is 0 Å². The fourth-order valence-corrected chi connectivity index (χ4v) is 6.19. The highest BCUT2D eigenvalue weighted by Gasteiger charge is 2.59. The number of hydrogen-bond donors (Lipinski definition) is 0. The Balaban J connectivity index is 1.78. The van der Waals surface area contributed by atoms with Crippen molar-refractivity contribution >= 4 is 5.69 Å². The summed E-state index contributed by atoms with van der Waals surface area (Å²) in [5, 5.41) is 0. The van der Waals surface area contributed by atoms with E-state index in [0.717, 1.165) is 13.0 Å². The van der Waals surface area contributed by atoms with E-state index in [1.54, 1.807) is 6.07 Å². The van der Waals surface area contributed by atoms with Crippen molar-refractivity contribution in [3.63, 3.8) is 0 Å². The molecule has 3 aromatic carbocycles. The van der Waals surface area contributed by atoms with Crippen LogP contribution in [0.25, 0.3) is 0 Å². The van der Waals surface area contributed by atoms with Gasteiger partial charge in [0.1, 0.15) is 5.82 Å². The first-order valence-electron chi connectivity index (χ1n) is 10.2. The Morgan fingerprint density at radius 3 is 2.21 bits per heavy atom. The minimum absolute atomic E-state index is 0.117. The minimum atomic E-state index is -0.133. The normalized spacial score (nSPS) is 28.7. The maximum absolute atomic E-state index is 14.5. The van der Waals surface area contributed by atoms with Gasteiger partial charge in [-0.1, -0.05) is 67.6 Å². The minimum Gasteiger partial charge on any atom is -0.373 e. The van der Waals surface area contributed by atoms with Crippen molar-refractivity contribution in [2.75, 3.05) is 18.5 Å². The van der Waals surface area contributed by atoms with E-state index in [0.29, 0.717) is 17.8 Å². The van der Waals surface area contributed by atoms with Gasteiger partial charge in [-0.15, -0.1) is 0 Å². The van der Waals surface area contributed by atoms with Gasteiger partial charge in [0.2, 0.25) is 0 Å². The zero-order valence-electron chi connectivity index (χ0n) is 16.5. The van der Waals surface area contributed by atoms with Gasteiger partial charge in [-0.25, -0.2) is 4.39 Å². The number of nitrogens with zero attached hydrogens (tertiary/aromatic N) is 1. The van der Waals surface area contributed by atoms with E-state index in [1.807, 2.05) is 12.1 Å². The lowest BCUT2D eigenvalue weighted by Crippen LogP contribution is -2.39. The zero-order chi connectivity index (χ0) is 19.3. The van der Waals surface area contributed by atoms with E-state index >= 15 is 0 Å². The van der Waals surface area contributed by atoms with Crippen LogP contribution in [0.5, 0.6) is 0 Å². The molecule has 1 nitrogen and oxygen atoms in total. The fourth-order valence-electron chi connectivity index (χ4n) is 6.19. The summed E-state index contributed by atoms with van der Waals surface area (Å²) in [6.07, 6.45) is 1.12. The van der Waals surface area contributed by atoms with Crippen LogP contribution in [-0.4, -0.2) is 13.6 Å². The van der Waals surface area contributed by atoms with Gasteiger partial charge >= 0.3 is 0 Å². The number of fused-ring (bicyclic) bond motifs is 2. The average Bonchev–Trinajstić information content (AvgIpc) is 3.17. The molecule has 1 aliphatic heterocycles. The number of hydrogen-bond acceptors (Lipinski definition) is 1. The largest absolute Gasteiger partial charge is 0.373 e. The van der Waals surface area contributed by atoms with E-state index in [9.17, 15) is 4.39 Å². The smallest absolute Gasteiger partial charge is 0.123 e. The van der Waals surface area contributed by atoms with Crippen molar-refractivity contribution in [3.8, 4) is 0 Å². The molecule has 28 heavy (non-hydrogen) atoms. The molecule has 0 radical (unpaired) electrons. The van der Waals surface area contributed by atoms with Crippen LogP contribution in [0.1, 0.15) is 41.9 Å². The highest BCUT2D eigenvalue weighted by Crippen LogP contribution is 2.64. The van der Waals surface area contributed by atoms with Crippen molar-refractivity contribution in [2.45, 2.75) is 30.6 Å². The summed E-state index contributed by atoms with van der Waals surface area (Å²) in [7, 11) is 2.15. The Bertz CT molecular complexity index is 984. The van der Waals surface area contributed by atoms with Crippen LogP contribution in [0.2, 0.25) is 0 Å². The van der Waals surface area contributed by atoms with Gasteiger partial charge in [0.25, 0.3) is 0 Å². The van der Waals surface area contributed by atoms with Crippen molar-refractivity contribution in [1.29, 1.82) is 0 Å². The van der Waals surface area contributed by atoms with Gasteiger partial charge in [0.05, 0.1) is 0 Å². The Morgan fingerprint density at radius 1 is 0.893 bits per heavy atom. The van der Waals surface area contributed by atoms with Crippen molar-refractivity contribution in [1.82, 2.24) is 0 Å². The second-order valence-electron chi connectivity index (χ2n) is 8.62. The summed E-state index contributed by atoms with van der Waals surface area (Å²) in [4.78, 5) is 2.33. The summed E-state index contributed by atoms with van der Waals surface area (Å²) < 4.78 is 14.5. The molecule has 5 rings (SSSR count). The molecule has 4 atom stereocenters. The van der Waals surface area contributed by atoms with Crippen LogP contribution in [0.3, 0.4) is 0 Å². The first-order valence-corrected chi connectivity index (χ1v) is 10.2. The molecule has 0 saturated heterocycles. The summed E-state index contributed by atoms with van der Waals surface area (Å²) >= 11 is 0. The van der Waals surface area contributed by atoms with Crippen LogP contribution in [0.15, 0.2) is 78.9 Å². The standard InChI is InChI=1S/C26H26FN/c1-18-15-22(19-9-5-3-6-10-19)26(25(18)20-11-7-4-8-12-20)17-28(2)24-14-13-21(27)16-23(24)26/h3-14,16,18,22,25H,15,17H2,1-2H3. The molecule has 1 aliphatic carbocycles. The van der Waals surface area contributed by atoms with Crippen LogP contribution >= 0.6 is 0 Å². The second kappa shape index (κ2) is 6.48. The molecule has 2 heteroatoms.